The predicted octanol–water partition coefficient (Wildman–Crippen LogP) is 3.78. The van der Waals surface area contributed by atoms with Gasteiger partial charge in [-0.2, -0.15) is 0 Å². The maximum absolute atomic E-state index is 11.9. The van der Waals surface area contributed by atoms with Crippen molar-refractivity contribution >= 4 is 5.91 Å². The minimum absolute atomic E-state index is 0.0445. The van der Waals surface area contributed by atoms with Crippen LogP contribution in [0.15, 0.2) is 65.2 Å². The summed E-state index contributed by atoms with van der Waals surface area (Å²) in [6, 6.07) is 17.6. The van der Waals surface area contributed by atoms with Crippen molar-refractivity contribution in [1.82, 2.24) is 10.3 Å². The van der Waals surface area contributed by atoms with Gasteiger partial charge < -0.3 is 14.5 Å². The van der Waals surface area contributed by atoms with Gasteiger partial charge in [-0.25, -0.2) is 4.98 Å². The van der Waals surface area contributed by atoms with E-state index in [0.29, 0.717) is 37.6 Å². The number of rotatable bonds is 8. The maximum atomic E-state index is 11.9. The highest BCUT2D eigenvalue weighted by Crippen LogP contribution is 2.20. The van der Waals surface area contributed by atoms with Crippen LogP contribution in [0, 0.1) is 6.92 Å². The molecule has 0 unspecified atom stereocenters. The molecule has 134 valence electrons. The Morgan fingerprint density at radius 3 is 2.65 bits per heavy atom. The lowest BCUT2D eigenvalue weighted by atomic mass is 10.2. The first kappa shape index (κ1) is 17.7. The first-order valence-corrected chi connectivity index (χ1v) is 8.67. The summed E-state index contributed by atoms with van der Waals surface area (Å²) in [6.45, 7) is 2.93. The van der Waals surface area contributed by atoms with Gasteiger partial charge >= 0.3 is 0 Å². The second-order valence-corrected chi connectivity index (χ2v) is 6.00. The van der Waals surface area contributed by atoms with Crippen molar-refractivity contribution in [1.29, 1.82) is 0 Å². The first-order valence-electron chi connectivity index (χ1n) is 8.67. The highest BCUT2D eigenvalue weighted by molar-refractivity contribution is 5.76. The Morgan fingerprint density at radius 1 is 1.12 bits per heavy atom. The lowest BCUT2D eigenvalue weighted by Crippen LogP contribution is -2.28. The average molecular weight is 350 g/mol. The minimum atomic E-state index is -0.0445. The van der Waals surface area contributed by atoms with Gasteiger partial charge in [-0.3, -0.25) is 4.79 Å². The van der Waals surface area contributed by atoms with Gasteiger partial charge in [0.2, 0.25) is 5.91 Å². The van der Waals surface area contributed by atoms with Crippen molar-refractivity contribution in [2.75, 3.05) is 13.2 Å². The summed E-state index contributed by atoms with van der Waals surface area (Å²) < 4.78 is 11.3. The highest BCUT2D eigenvalue weighted by Gasteiger charge is 2.08. The number of aromatic nitrogens is 1. The zero-order valence-electron chi connectivity index (χ0n) is 14.8. The molecule has 0 atom stereocenters. The van der Waals surface area contributed by atoms with Crippen molar-refractivity contribution in [2.45, 2.75) is 19.8 Å². The van der Waals surface area contributed by atoms with Gasteiger partial charge in [0.05, 0.1) is 12.7 Å². The summed E-state index contributed by atoms with van der Waals surface area (Å²) in [4.78, 5) is 16.1. The number of ether oxygens (including phenoxy) is 1. The quantitative estimate of drug-likeness (QED) is 0.628. The van der Waals surface area contributed by atoms with E-state index >= 15 is 0 Å². The lowest BCUT2D eigenvalue weighted by molar-refractivity contribution is -0.121. The molecule has 0 aliphatic heterocycles. The molecule has 2 aromatic carbocycles. The van der Waals surface area contributed by atoms with Crippen molar-refractivity contribution in [3.05, 3.63) is 72.2 Å². The van der Waals surface area contributed by atoms with Gasteiger partial charge in [-0.1, -0.05) is 48.0 Å². The summed E-state index contributed by atoms with van der Waals surface area (Å²) in [7, 11) is 0. The molecule has 0 radical (unpaired) electrons. The van der Waals surface area contributed by atoms with Crippen LogP contribution in [0.25, 0.3) is 11.3 Å². The highest BCUT2D eigenvalue weighted by atomic mass is 16.5. The van der Waals surface area contributed by atoms with Gasteiger partial charge in [0, 0.05) is 18.4 Å². The Hall–Kier alpha value is -3.08. The smallest absolute Gasteiger partial charge is 0.220 e. The summed E-state index contributed by atoms with van der Waals surface area (Å²) in [5.74, 6) is 2.04. The number of aryl methyl sites for hydroxylation is 2. The molecular weight excluding hydrogens is 328 g/mol. The number of benzene rings is 2. The van der Waals surface area contributed by atoms with Crippen molar-refractivity contribution < 1.29 is 13.9 Å². The molecule has 0 saturated carbocycles. The standard InChI is InChI=1S/C21H22N2O3/c1-16-7-9-18(10-8-16)25-14-13-22-20(24)11-12-21-23-15-19(26-21)17-5-3-2-4-6-17/h2-10,15H,11-14H2,1H3,(H,22,24). The molecule has 5 nitrogen and oxygen atoms in total. The summed E-state index contributed by atoms with van der Waals surface area (Å²) in [5.41, 5.74) is 2.16. The van der Waals surface area contributed by atoms with Crippen molar-refractivity contribution in [2.24, 2.45) is 0 Å². The second-order valence-electron chi connectivity index (χ2n) is 6.00. The van der Waals surface area contributed by atoms with E-state index in [-0.39, 0.29) is 5.91 Å². The van der Waals surface area contributed by atoms with E-state index in [1.54, 1.807) is 6.20 Å². The van der Waals surface area contributed by atoms with E-state index in [1.807, 2.05) is 61.5 Å². The van der Waals surface area contributed by atoms with Crippen LogP contribution in [0.2, 0.25) is 0 Å². The number of hydrogen-bond donors (Lipinski definition) is 1. The van der Waals surface area contributed by atoms with E-state index < -0.39 is 0 Å². The first-order chi connectivity index (χ1) is 12.7. The molecule has 0 bridgehead atoms. The van der Waals surface area contributed by atoms with E-state index in [2.05, 4.69) is 10.3 Å². The fourth-order valence-corrected chi connectivity index (χ4v) is 2.46. The molecule has 1 aromatic heterocycles. The summed E-state index contributed by atoms with van der Waals surface area (Å²) in [6.07, 6.45) is 2.49. The fraction of sp³-hybridized carbons (Fsp3) is 0.238. The van der Waals surface area contributed by atoms with Gasteiger partial charge in [0.1, 0.15) is 12.4 Å². The number of nitrogens with zero attached hydrogens (tertiary/aromatic N) is 1. The van der Waals surface area contributed by atoms with E-state index in [1.165, 1.54) is 5.56 Å². The summed E-state index contributed by atoms with van der Waals surface area (Å²) >= 11 is 0. The van der Waals surface area contributed by atoms with Crippen LogP contribution in [0.4, 0.5) is 0 Å². The third-order valence-electron chi connectivity index (χ3n) is 3.89. The van der Waals surface area contributed by atoms with E-state index in [0.717, 1.165) is 11.3 Å². The molecule has 1 heterocycles. The number of hydrogen-bond acceptors (Lipinski definition) is 4. The largest absolute Gasteiger partial charge is 0.492 e. The average Bonchev–Trinajstić information content (AvgIpc) is 3.15. The number of oxazole rings is 1. The molecule has 0 fully saturated rings. The predicted molar refractivity (Wildman–Crippen MR) is 99.9 cm³/mol. The Balaban J connectivity index is 1.36. The van der Waals surface area contributed by atoms with Gasteiger partial charge in [-0.05, 0) is 19.1 Å². The van der Waals surface area contributed by atoms with Crippen LogP contribution in [0.5, 0.6) is 5.75 Å². The van der Waals surface area contributed by atoms with E-state index in [9.17, 15) is 4.79 Å². The molecule has 3 aromatic rings. The molecule has 5 heteroatoms. The monoisotopic (exact) mass is 350 g/mol. The van der Waals surface area contributed by atoms with Crippen LogP contribution < -0.4 is 10.1 Å². The van der Waals surface area contributed by atoms with Gasteiger partial charge in [-0.15, -0.1) is 0 Å². The molecule has 0 aliphatic carbocycles. The summed E-state index contributed by atoms with van der Waals surface area (Å²) in [5, 5.41) is 2.84. The topological polar surface area (TPSA) is 64.4 Å². The van der Waals surface area contributed by atoms with Crippen LogP contribution in [0.1, 0.15) is 17.9 Å². The van der Waals surface area contributed by atoms with Crippen molar-refractivity contribution in [3.8, 4) is 17.1 Å². The zero-order chi connectivity index (χ0) is 18.2. The van der Waals surface area contributed by atoms with Crippen LogP contribution in [-0.2, 0) is 11.2 Å². The Labute approximate surface area is 153 Å². The Morgan fingerprint density at radius 2 is 1.88 bits per heavy atom. The minimum Gasteiger partial charge on any atom is -0.492 e. The van der Waals surface area contributed by atoms with Crippen LogP contribution >= 0.6 is 0 Å². The van der Waals surface area contributed by atoms with Gasteiger partial charge in [0.15, 0.2) is 11.7 Å². The molecule has 0 saturated heterocycles. The van der Waals surface area contributed by atoms with E-state index in [4.69, 9.17) is 9.15 Å². The molecule has 1 N–H and O–H groups in total. The second kappa shape index (κ2) is 8.85. The lowest BCUT2D eigenvalue weighted by Gasteiger charge is -2.07. The zero-order valence-corrected chi connectivity index (χ0v) is 14.8. The normalized spacial score (nSPS) is 10.5. The van der Waals surface area contributed by atoms with Crippen molar-refractivity contribution in [3.63, 3.8) is 0 Å². The maximum Gasteiger partial charge on any atom is 0.220 e. The Kier molecular flexibility index (Phi) is 6.04. The molecule has 1 amide bonds. The number of nitrogens with one attached hydrogen (secondary N) is 1. The van der Waals surface area contributed by atoms with Crippen LogP contribution in [-0.4, -0.2) is 24.0 Å². The number of carbonyl (C=O) groups is 1. The van der Waals surface area contributed by atoms with Crippen LogP contribution in [0.3, 0.4) is 0 Å². The molecule has 0 aliphatic rings. The molecule has 0 spiro atoms. The third-order valence-corrected chi connectivity index (χ3v) is 3.89. The molecule has 26 heavy (non-hydrogen) atoms. The fourth-order valence-electron chi connectivity index (χ4n) is 2.46. The molecular formula is C21H22N2O3. The van der Waals surface area contributed by atoms with Gasteiger partial charge in [0.25, 0.3) is 0 Å². The SMILES string of the molecule is Cc1ccc(OCCNC(=O)CCc2ncc(-c3ccccc3)o2)cc1. The molecule has 3 rings (SSSR count). The Bertz CT molecular complexity index is 826. The third kappa shape index (κ3) is 5.21. The number of carbonyl (C=O) groups excluding carboxylic acids is 1. The number of amides is 1.